The van der Waals surface area contributed by atoms with Crippen LogP contribution in [0.1, 0.15) is 33.1 Å². The lowest BCUT2D eigenvalue weighted by molar-refractivity contribution is 0.636. The van der Waals surface area contributed by atoms with Crippen LogP contribution < -0.4 is 0 Å². The molecule has 0 radical (unpaired) electrons. The summed E-state index contributed by atoms with van der Waals surface area (Å²) in [6, 6.07) is 0. The first-order chi connectivity index (χ1) is 5.31. The molecular weight excluding hydrogens is 220 g/mol. The van der Waals surface area contributed by atoms with E-state index >= 15 is 0 Å². The third-order valence-electron chi connectivity index (χ3n) is 1.77. The zero-order valence-electron chi connectivity index (χ0n) is 7.61. The van der Waals surface area contributed by atoms with Crippen LogP contribution in [0.15, 0.2) is 0 Å². The van der Waals surface area contributed by atoms with E-state index in [-0.39, 0.29) is 0 Å². The Kier molecular flexibility index (Phi) is 9.60. The lowest BCUT2D eigenvalue weighted by atomic mass is 10.2. The van der Waals surface area contributed by atoms with Crippen molar-refractivity contribution < 1.29 is 0 Å². The smallest absolute Gasteiger partial charge is 0.00315 e. The van der Waals surface area contributed by atoms with Gasteiger partial charge in [-0.1, -0.05) is 36.2 Å². The van der Waals surface area contributed by atoms with Crippen LogP contribution in [0, 0.1) is 5.92 Å². The number of halogens is 1. The second-order valence-electron chi connectivity index (χ2n) is 2.98. The molecule has 2 heteroatoms. The molecular formula is C9H19BrS. The highest BCUT2D eigenvalue weighted by molar-refractivity contribution is 9.09. The zero-order chi connectivity index (χ0) is 8.53. The van der Waals surface area contributed by atoms with Crippen LogP contribution in [-0.2, 0) is 0 Å². The van der Waals surface area contributed by atoms with Crippen molar-refractivity contribution in [1.82, 2.24) is 0 Å². The summed E-state index contributed by atoms with van der Waals surface area (Å²) in [6.07, 6.45) is 4.02. The maximum absolute atomic E-state index is 3.43. The molecule has 0 fully saturated rings. The van der Waals surface area contributed by atoms with Crippen molar-refractivity contribution in [2.75, 3.05) is 16.8 Å². The fourth-order valence-electron chi connectivity index (χ4n) is 0.701. The molecule has 0 spiro atoms. The van der Waals surface area contributed by atoms with Crippen molar-refractivity contribution in [3.63, 3.8) is 0 Å². The predicted octanol–water partition coefficient (Wildman–Crippen LogP) is 3.94. The minimum absolute atomic E-state index is 0.906. The minimum atomic E-state index is 0.906. The molecule has 0 heterocycles. The molecule has 0 aliphatic rings. The summed E-state index contributed by atoms with van der Waals surface area (Å²) in [5, 5.41) is 1.16. The highest BCUT2D eigenvalue weighted by Gasteiger charge is 1.97. The van der Waals surface area contributed by atoms with Crippen molar-refractivity contribution >= 4 is 27.7 Å². The monoisotopic (exact) mass is 238 g/mol. The van der Waals surface area contributed by atoms with E-state index in [1.165, 1.54) is 30.8 Å². The summed E-state index contributed by atoms with van der Waals surface area (Å²) < 4.78 is 0. The molecule has 1 atom stereocenters. The van der Waals surface area contributed by atoms with Crippen LogP contribution in [0.3, 0.4) is 0 Å². The van der Waals surface area contributed by atoms with E-state index in [9.17, 15) is 0 Å². The molecule has 0 nitrogen and oxygen atoms in total. The zero-order valence-corrected chi connectivity index (χ0v) is 10.0. The maximum atomic E-state index is 3.43. The van der Waals surface area contributed by atoms with Gasteiger partial charge in [0.15, 0.2) is 0 Å². The standard InChI is InChI=1S/C9H19BrS/c1-3-9(2)8-11-7-5-4-6-10/h9H,3-8H2,1-2H3. The van der Waals surface area contributed by atoms with E-state index < -0.39 is 0 Å². The Bertz CT molecular complexity index is 76.0. The van der Waals surface area contributed by atoms with Crippen LogP contribution in [-0.4, -0.2) is 16.8 Å². The van der Waals surface area contributed by atoms with Gasteiger partial charge in [0.2, 0.25) is 0 Å². The third-order valence-corrected chi connectivity index (χ3v) is 3.71. The van der Waals surface area contributed by atoms with Crippen LogP contribution in [0.4, 0.5) is 0 Å². The molecule has 0 rings (SSSR count). The van der Waals surface area contributed by atoms with Crippen molar-refractivity contribution in [3.05, 3.63) is 0 Å². The van der Waals surface area contributed by atoms with E-state index in [2.05, 4.69) is 41.5 Å². The maximum Gasteiger partial charge on any atom is 0.00315 e. The Morgan fingerprint density at radius 2 is 2.09 bits per heavy atom. The summed E-state index contributed by atoms with van der Waals surface area (Å²) in [5.41, 5.74) is 0. The van der Waals surface area contributed by atoms with Crippen molar-refractivity contribution in [2.45, 2.75) is 33.1 Å². The number of alkyl halides is 1. The molecule has 1 unspecified atom stereocenters. The predicted molar refractivity (Wildman–Crippen MR) is 59.8 cm³/mol. The summed E-state index contributed by atoms with van der Waals surface area (Å²) in [4.78, 5) is 0. The van der Waals surface area contributed by atoms with Gasteiger partial charge in [0.1, 0.15) is 0 Å². The van der Waals surface area contributed by atoms with Gasteiger partial charge in [-0.25, -0.2) is 0 Å². The van der Waals surface area contributed by atoms with E-state index in [0.29, 0.717) is 0 Å². The molecule has 0 N–H and O–H groups in total. The highest BCUT2D eigenvalue weighted by atomic mass is 79.9. The van der Waals surface area contributed by atoms with Gasteiger partial charge in [-0.05, 0) is 30.3 Å². The number of thioether (sulfide) groups is 1. The molecule has 0 aromatic carbocycles. The Labute approximate surface area is 83.6 Å². The largest absolute Gasteiger partial charge is 0.162 e. The van der Waals surface area contributed by atoms with Crippen molar-refractivity contribution in [3.8, 4) is 0 Å². The van der Waals surface area contributed by atoms with Crippen LogP contribution in [0.2, 0.25) is 0 Å². The molecule has 0 aliphatic heterocycles. The van der Waals surface area contributed by atoms with Crippen molar-refractivity contribution in [2.24, 2.45) is 5.92 Å². The van der Waals surface area contributed by atoms with Crippen LogP contribution in [0.5, 0.6) is 0 Å². The Balaban J connectivity index is 2.89. The fourth-order valence-corrected chi connectivity index (χ4v) is 2.31. The summed E-state index contributed by atoms with van der Waals surface area (Å²) in [5.74, 6) is 3.60. The molecule has 68 valence electrons. The summed E-state index contributed by atoms with van der Waals surface area (Å²) in [7, 11) is 0. The van der Waals surface area contributed by atoms with Gasteiger partial charge in [0, 0.05) is 5.33 Å². The van der Waals surface area contributed by atoms with E-state index in [1.54, 1.807) is 0 Å². The van der Waals surface area contributed by atoms with E-state index in [1.807, 2.05) is 0 Å². The number of unbranched alkanes of at least 4 members (excludes halogenated alkanes) is 1. The average molecular weight is 239 g/mol. The molecule has 0 saturated carbocycles. The number of hydrogen-bond donors (Lipinski definition) is 0. The van der Waals surface area contributed by atoms with E-state index in [0.717, 1.165) is 11.2 Å². The summed E-state index contributed by atoms with van der Waals surface area (Å²) in [6.45, 7) is 4.60. The quantitative estimate of drug-likeness (QED) is 0.479. The Hall–Kier alpha value is 0.830. The first kappa shape index (κ1) is 11.8. The van der Waals surface area contributed by atoms with E-state index in [4.69, 9.17) is 0 Å². The molecule has 0 aromatic rings. The fraction of sp³-hybridized carbons (Fsp3) is 1.00. The van der Waals surface area contributed by atoms with Gasteiger partial charge in [0.05, 0.1) is 0 Å². The lowest BCUT2D eigenvalue weighted by Gasteiger charge is -2.06. The SMILES string of the molecule is CCC(C)CSCCCCBr. The molecule has 0 aromatic heterocycles. The second kappa shape index (κ2) is 8.92. The van der Waals surface area contributed by atoms with Crippen LogP contribution >= 0.6 is 27.7 Å². The average Bonchev–Trinajstić information content (AvgIpc) is 2.04. The minimum Gasteiger partial charge on any atom is -0.162 e. The molecule has 0 aliphatic carbocycles. The highest BCUT2D eigenvalue weighted by Crippen LogP contribution is 2.12. The first-order valence-corrected chi connectivity index (χ1v) is 6.72. The van der Waals surface area contributed by atoms with Crippen LogP contribution in [0.25, 0.3) is 0 Å². The molecule has 0 bridgehead atoms. The third kappa shape index (κ3) is 8.74. The first-order valence-electron chi connectivity index (χ1n) is 4.45. The van der Waals surface area contributed by atoms with Gasteiger partial charge >= 0.3 is 0 Å². The van der Waals surface area contributed by atoms with Gasteiger partial charge in [-0.15, -0.1) is 0 Å². The second-order valence-corrected chi connectivity index (χ2v) is 4.93. The van der Waals surface area contributed by atoms with Gasteiger partial charge in [-0.3, -0.25) is 0 Å². The molecule has 11 heavy (non-hydrogen) atoms. The lowest BCUT2D eigenvalue weighted by Crippen LogP contribution is -1.96. The number of rotatable bonds is 7. The Morgan fingerprint density at radius 3 is 2.64 bits per heavy atom. The molecule has 0 amide bonds. The van der Waals surface area contributed by atoms with Gasteiger partial charge < -0.3 is 0 Å². The Morgan fingerprint density at radius 1 is 1.36 bits per heavy atom. The normalized spacial score (nSPS) is 13.4. The molecule has 0 saturated heterocycles. The van der Waals surface area contributed by atoms with Crippen molar-refractivity contribution in [1.29, 1.82) is 0 Å². The number of hydrogen-bond acceptors (Lipinski definition) is 1. The topological polar surface area (TPSA) is 0 Å². The van der Waals surface area contributed by atoms with Gasteiger partial charge in [0.25, 0.3) is 0 Å². The summed E-state index contributed by atoms with van der Waals surface area (Å²) >= 11 is 5.54. The van der Waals surface area contributed by atoms with Gasteiger partial charge in [-0.2, -0.15) is 11.8 Å².